The highest BCUT2D eigenvalue weighted by Gasteiger charge is 2.24. The quantitative estimate of drug-likeness (QED) is 0.900. The summed E-state index contributed by atoms with van der Waals surface area (Å²) in [5.41, 5.74) is 1.11. The van der Waals surface area contributed by atoms with Gasteiger partial charge in [0.25, 0.3) is 5.56 Å². The second-order valence-electron chi connectivity index (χ2n) is 5.97. The fourth-order valence-corrected chi connectivity index (χ4v) is 2.69. The number of ether oxygens (including phenoxy) is 1. The molecule has 1 aromatic rings. The molecule has 0 amide bonds. The minimum absolute atomic E-state index is 0.0736. The van der Waals surface area contributed by atoms with Crippen molar-refractivity contribution in [3.63, 3.8) is 0 Å². The first-order valence-electron chi connectivity index (χ1n) is 7.68. The molecule has 1 aliphatic rings. The summed E-state index contributed by atoms with van der Waals surface area (Å²) >= 11 is 0. The van der Waals surface area contributed by atoms with Crippen LogP contribution in [0, 0.1) is 5.92 Å². The Morgan fingerprint density at radius 2 is 2.25 bits per heavy atom. The zero-order chi connectivity index (χ0) is 14.5. The van der Waals surface area contributed by atoms with Crippen LogP contribution in [0.15, 0.2) is 23.1 Å². The van der Waals surface area contributed by atoms with Gasteiger partial charge in [0.15, 0.2) is 0 Å². The number of hydrogen-bond donors (Lipinski definition) is 1. The Morgan fingerprint density at radius 3 is 2.95 bits per heavy atom. The molecule has 0 radical (unpaired) electrons. The highest BCUT2D eigenvalue weighted by atomic mass is 16.5. The molecule has 1 N–H and O–H groups in total. The van der Waals surface area contributed by atoms with Gasteiger partial charge >= 0.3 is 0 Å². The van der Waals surface area contributed by atoms with Crippen molar-refractivity contribution in [2.45, 2.75) is 58.7 Å². The van der Waals surface area contributed by atoms with E-state index in [-0.39, 0.29) is 5.56 Å². The SMILES string of the molecule is CCCn1cc(NC2CCOC(C(C)C)C2)ccc1=O. The average Bonchev–Trinajstić information content (AvgIpc) is 2.43. The number of nitrogens with one attached hydrogen (secondary N) is 1. The van der Waals surface area contributed by atoms with Crippen molar-refractivity contribution in [2.75, 3.05) is 11.9 Å². The van der Waals surface area contributed by atoms with Crippen LogP contribution in [-0.2, 0) is 11.3 Å². The summed E-state index contributed by atoms with van der Waals surface area (Å²) in [6, 6.07) is 3.97. The summed E-state index contributed by atoms with van der Waals surface area (Å²) in [5.74, 6) is 0.550. The van der Waals surface area contributed by atoms with E-state index in [1.165, 1.54) is 0 Å². The van der Waals surface area contributed by atoms with Crippen LogP contribution in [0.1, 0.15) is 40.0 Å². The lowest BCUT2D eigenvalue weighted by Gasteiger charge is -2.33. The number of pyridine rings is 1. The number of anilines is 1. The highest BCUT2D eigenvalue weighted by molar-refractivity contribution is 5.41. The molecule has 0 bridgehead atoms. The maximum atomic E-state index is 11.7. The lowest BCUT2D eigenvalue weighted by molar-refractivity contribution is -0.0160. The van der Waals surface area contributed by atoms with Gasteiger partial charge in [0, 0.05) is 31.5 Å². The molecule has 2 unspecified atom stereocenters. The van der Waals surface area contributed by atoms with Crippen LogP contribution < -0.4 is 10.9 Å². The topological polar surface area (TPSA) is 43.3 Å². The van der Waals surface area contributed by atoms with Gasteiger partial charge in [-0.25, -0.2) is 0 Å². The first-order chi connectivity index (χ1) is 9.60. The summed E-state index contributed by atoms with van der Waals surface area (Å²) in [4.78, 5) is 11.7. The van der Waals surface area contributed by atoms with Crippen LogP contribution in [-0.4, -0.2) is 23.3 Å². The first-order valence-corrected chi connectivity index (χ1v) is 7.68. The van der Waals surface area contributed by atoms with E-state index in [2.05, 4.69) is 26.1 Å². The monoisotopic (exact) mass is 278 g/mol. The van der Waals surface area contributed by atoms with Gasteiger partial charge in [0.1, 0.15) is 0 Å². The number of aryl methyl sites for hydroxylation is 1. The van der Waals surface area contributed by atoms with Crippen molar-refractivity contribution in [2.24, 2.45) is 5.92 Å². The third-order valence-electron chi connectivity index (χ3n) is 3.88. The molecule has 2 rings (SSSR count). The Morgan fingerprint density at radius 1 is 1.45 bits per heavy atom. The number of nitrogens with zero attached hydrogens (tertiary/aromatic N) is 1. The molecule has 2 heterocycles. The van der Waals surface area contributed by atoms with Crippen LogP contribution in [0.5, 0.6) is 0 Å². The molecule has 1 aliphatic heterocycles. The maximum Gasteiger partial charge on any atom is 0.250 e. The van der Waals surface area contributed by atoms with Crippen molar-refractivity contribution in [1.82, 2.24) is 4.57 Å². The molecule has 20 heavy (non-hydrogen) atoms. The summed E-state index contributed by atoms with van der Waals surface area (Å²) in [6.07, 6.45) is 5.30. The van der Waals surface area contributed by atoms with E-state index in [4.69, 9.17) is 4.74 Å². The van der Waals surface area contributed by atoms with E-state index in [0.717, 1.165) is 38.1 Å². The zero-order valence-corrected chi connectivity index (χ0v) is 12.8. The van der Waals surface area contributed by atoms with E-state index in [1.807, 2.05) is 12.3 Å². The molecule has 4 nitrogen and oxygen atoms in total. The first kappa shape index (κ1) is 15.1. The van der Waals surface area contributed by atoms with Crippen molar-refractivity contribution in [3.8, 4) is 0 Å². The van der Waals surface area contributed by atoms with Crippen LogP contribution >= 0.6 is 0 Å². The third-order valence-corrected chi connectivity index (χ3v) is 3.88. The van der Waals surface area contributed by atoms with Crippen LogP contribution in [0.25, 0.3) is 0 Å². The molecule has 0 saturated carbocycles. The number of aromatic nitrogens is 1. The van der Waals surface area contributed by atoms with E-state index in [1.54, 1.807) is 10.6 Å². The van der Waals surface area contributed by atoms with Gasteiger partial charge in [-0.05, 0) is 31.2 Å². The standard InChI is InChI=1S/C16H26N2O2/c1-4-8-18-11-14(5-6-16(18)19)17-13-7-9-20-15(10-13)12(2)3/h5-6,11-13,15,17H,4,7-10H2,1-3H3. The fraction of sp³-hybridized carbons (Fsp3) is 0.688. The minimum atomic E-state index is 0.0736. The fourth-order valence-electron chi connectivity index (χ4n) is 2.69. The Bertz CT molecular complexity index is 482. The van der Waals surface area contributed by atoms with E-state index in [0.29, 0.717) is 18.1 Å². The van der Waals surface area contributed by atoms with Crippen molar-refractivity contribution in [1.29, 1.82) is 0 Å². The van der Waals surface area contributed by atoms with Crippen molar-refractivity contribution in [3.05, 3.63) is 28.7 Å². The zero-order valence-electron chi connectivity index (χ0n) is 12.8. The lowest BCUT2D eigenvalue weighted by Crippen LogP contribution is -2.36. The normalized spacial score (nSPS) is 23.0. The largest absolute Gasteiger partial charge is 0.381 e. The van der Waals surface area contributed by atoms with Crippen LogP contribution in [0.2, 0.25) is 0 Å². The molecule has 0 aliphatic carbocycles. The average molecular weight is 278 g/mol. The summed E-state index contributed by atoms with van der Waals surface area (Å²) in [5, 5.41) is 3.55. The Kier molecular flexibility index (Phi) is 5.24. The molecule has 1 saturated heterocycles. The second kappa shape index (κ2) is 6.93. The van der Waals surface area contributed by atoms with Crippen molar-refractivity contribution < 1.29 is 4.74 Å². The van der Waals surface area contributed by atoms with Gasteiger partial charge in [-0.15, -0.1) is 0 Å². The molecule has 1 aromatic heterocycles. The number of rotatable bonds is 5. The van der Waals surface area contributed by atoms with Gasteiger partial charge in [-0.2, -0.15) is 0 Å². The van der Waals surface area contributed by atoms with Gasteiger partial charge in [0.2, 0.25) is 0 Å². The van der Waals surface area contributed by atoms with Gasteiger partial charge in [-0.3, -0.25) is 4.79 Å². The van der Waals surface area contributed by atoms with Gasteiger partial charge in [0.05, 0.1) is 11.8 Å². The van der Waals surface area contributed by atoms with Gasteiger partial charge < -0.3 is 14.6 Å². The molecule has 0 spiro atoms. The lowest BCUT2D eigenvalue weighted by atomic mass is 9.95. The molecule has 112 valence electrons. The van der Waals surface area contributed by atoms with E-state index < -0.39 is 0 Å². The third kappa shape index (κ3) is 3.85. The van der Waals surface area contributed by atoms with Crippen molar-refractivity contribution >= 4 is 5.69 Å². The summed E-state index contributed by atoms with van der Waals surface area (Å²) < 4.78 is 7.57. The van der Waals surface area contributed by atoms with E-state index >= 15 is 0 Å². The van der Waals surface area contributed by atoms with Gasteiger partial charge in [-0.1, -0.05) is 20.8 Å². The predicted octanol–water partition coefficient (Wildman–Crippen LogP) is 2.87. The maximum absolute atomic E-state index is 11.7. The number of hydrogen-bond acceptors (Lipinski definition) is 3. The highest BCUT2D eigenvalue weighted by Crippen LogP contribution is 2.22. The Labute approximate surface area is 121 Å². The molecule has 4 heteroatoms. The summed E-state index contributed by atoms with van der Waals surface area (Å²) in [7, 11) is 0. The van der Waals surface area contributed by atoms with Crippen LogP contribution in [0.3, 0.4) is 0 Å². The molecular formula is C16H26N2O2. The summed E-state index contributed by atoms with van der Waals surface area (Å²) in [6.45, 7) is 8.08. The molecule has 2 atom stereocenters. The molecular weight excluding hydrogens is 252 g/mol. The minimum Gasteiger partial charge on any atom is -0.381 e. The molecule has 0 aromatic carbocycles. The smallest absolute Gasteiger partial charge is 0.250 e. The van der Waals surface area contributed by atoms with E-state index in [9.17, 15) is 4.79 Å². The second-order valence-corrected chi connectivity index (χ2v) is 5.97. The van der Waals surface area contributed by atoms with Crippen LogP contribution in [0.4, 0.5) is 5.69 Å². The molecule has 1 fully saturated rings. The Balaban J connectivity index is 2.02. The Hall–Kier alpha value is -1.29. The predicted molar refractivity (Wildman–Crippen MR) is 82.2 cm³/mol.